The monoisotopic (exact) mass is 364 g/mol. The number of methoxy groups -OCH3 is 2. The van der Waals surface area contributed by atoms with Crippen molar-refractivity contribution in [2.75, 3.05) is 14.2 Å². The summed E-state index contributed by atoms with van der Waals surface area (Å²) in [6.45, 7) is 0. The lowest BCUT2D eigenvalue weighted by Gasteiger charge is -2.32. The first-order valence-electron chi connectivity index (χ1n) is 8.35. The predicted molar refractivity (Wildman–Crippen MR) is 101 cm³/mol. The summed E-state index contributed by atoms with van der Waals surface area (Å²) in [7, 11) is 2.86. The van der Waals surface area contributed by atoms with E-state index < -0.39 is 11.6 Å². The highest BCUT2D eigenvalue weighted by molar-refractivity contribution is 5.89. The standard InChI is InChI=1S/C22H20O5/c1-26-18-13-15(21(23)24)14-19(27-2)20(18)22(25,16-9-5-3-6-10-16)17-11-7-4-8-12-17/h3-14,25H,1-2H3,(H,23,24). The van der Waals surface area contributed by atoms with E-state index in [1.54, 1.807) is 24.3 Å². The van der Waals surface area contributed by atoms with Crippen molar-refractivity contribution in [1.29, 1.82) is 0 Å². The Balaban J connectivity index is 2.39. The van der Waals surface area contributed by atoms with Gasteiger partial charge in [0.1, 0.15) is 17.1 Å². The van der Waals surface area contributed by atoms with Crippen molar-refractivity contribution >= 4 is 5.97 Å². The molecule has 0 aromatic heterocycles. The summed E-state index contributed by atoms with van der Waals surface area (Å²) < 4.78 is 10.9. The van der Waals surface area contributed by atoms with Crippen LogP contribution in [-0.4, -0.2) is 30.4 Å². The largest absolute Gasteiger partial charge is 0.496 e. The normalized spacial score (nSPS) is 11.1. The summed E-state index contributed by atoms with van der Waals surface area (Å²) in [5, 5.41) is 21.4. The van der Waals surface area contributed by atoms with Crippen LogP contribution in [0, 0.1) is 0 Å². The molecule has 0 unspecified atom stereocenters. The average molecular weight is 364 g/mol. The van der Waals surface area contributed by atoms with Crippen molar-refractivity contribution in [3.05, 3.63) is 95.1 Å². The number of carbonyl (C=O) groups is 1. The molecule has 0 radical (unpaired) electrons. The van der Waals surface area contributed by atoms with E-state index in [1.165, 1.54) is 26.4 Å². The van der Waals surface area contributed by atoms with Gasteiger partial charge >= 0.3 is 5.97 Å². The zero-order chi connectivity index (χ0) is 19.4. The van der Waals surface area contributed by atoms with Gasteiger partial charge in [0.25, 0.3) is 0 Å². The molecule has 3 rings (SSSR count). The van der Waals surface area contributed by atoms with Crippen molar-refractivity contribution in [1.82, 2.24) is 0 Å². The molecule has 0 saturated heterocycles. The van der Waals surface area contributed by atoms with Crippen LogP contribution in [0.3, 0.4) is 0 Å². The summed E-state index contributed by atoms with van der Waals surface area (Å²) in [4.78, 5) is 11.5. The number of hydrogen-bond acceptors (Lipinski definition) is 4. The molecule has 0 spiro atoms. The van der Waals surface area contributed by atoms with Crippen molar-refractivity contribution in [2.24, 2.45) is 0 Å². The molecular weight excluding hydrogens is 344 g/mol. The Morgan fingerprint density at radius 1 is 0.815 bits per heavy atom. The van der Waals surface area contributed by atoms with Crippen molar-refractivity contribution < 1.29 is 24.5 Å². The molecule has 2 N–H and O–H groups in total. The van der Waals surface area contributed by atoms with Crippen LogP contribution in [-0.2, 0) is 5.60 Å². The van der Waals surface area contributed by atoms with Crippen LogP contribution < -0.4 is 9.47 Å². The molecule has 0 bridgehead atoms. The van der Waals surface area contributed by atoms with E-state index in [2.05, 4.69) is 0 Å². The second-order valence-corrected chi connectivity index (χ2v) is 6.00. The van der Waals surface area contributed by atoms with E-state index in [4.69, 9.17) is 9.47 Å². The SMILES string of the molecule is COc1cc(C(=O)O)cc(OC)c1C(O)(c1ccccc1)c1ccccc1. The zero-order valence-corrected chi connectivity index (χ0v) is 15.0. The summed E-state index contributed by atoms with van der Waals surface area (Å²) in [5.41, 5.74) is -0.0338. The van der Waals surface area contributed by atoms with Crippen molar-refractivity contribution in [2.45, 2.75) is 5.60 Å². The molecule has 0 aliphatic carbocycles. The van der Waals surface area contributed by atoms with Crippen LogP contribution in [0.15, 0.2) is 72.8 Å². The summed E-state index contributed by atoms with van der Waals surface area (Å²) in [5.74, 6) is -0.662. The maximum Gasteiger partial charge on any atom is 0.335 e. The van der Waals surface area contributed by atoms with Crippen LogP contribution in [0.25, 0.3) is 0 Å². The molecule has 27 heavy (non-hydrogen) atoms. The molecule has 138 valence electrons. The summed E-state index contributed by atoms with van der Waals surface area (Å²) in [6, 6.07) is 21.0. The lowest BCUT2D eigenvalue weighted by Crippen LogP contribution is -2.30. The lowest BCUT2D eigenvalue weighted by molar-refractivity contribution is 0.0694. The molecule has 0 aliphatic rings. The van der Waals surface area contributed by atoms with E-state index in [9.17, 15) is 15.0 Å². The number of carboxylic acids is 1. The highest BCUT2D eigenvalue weighted by Gasteiger charge is 2.39. The van der Waals surface area contributed by atoms with Crippen LogP contribution >= 0.6 is 0 Å². The van der Waals surface area contributed by atoms with E-state index >= 15 is 0 Å². The van der Waals surface area contributed by atoms with Gasteiger partial charge in [0, 0.05) is 0 Å². The Hall–Kier alpha value is -3.31. The number of benzene rings is 3. The van der Waals surface area contributed by atoms with E-state index in [0.717, 1.165) is 0 Å². The first-order chi connectivity index (χ1) is 13.0. The fourth-order valence-corrected chi connectivity index (χ4v) is 3.21. The first kappa shape index (κ1) is 18.5. The molecule has 3 aromatic carbocycles. The lowest BCUT2D eigenvalue weighted by atomic mass is 9.79. The summed E-state index contributed by atoms with van der Waals surface area (Å²) >= 11 is 0. The van der Waals surface area contributed by atoms with Crippen LogP contribution in [0.1, 0.15) is 27.0 Å². The maximum absolute atomic E-state index is 12.0. The Morgan fingerprint density at radius 2 is 1.22 bits per heavy atom. The van der Waals surface area contributed by atoms with Crippen LogP contribution in [0.2, 0.25) is 0 Å². The van der Waals surface area contributed by atoms with Crippen LogP contribution in [0.4, 0.5) is 0 Å². The third-order valence-electron chi connectivity index (χ3n) is 4.50. The molecule has 0 saturated carbocycles. The Labute approximate surface area is 157 Å². The Kier molecular flexibility index (Phi) is 5.14. The van der Waals surface area contributed by atoms with Gasteiger partial charge in [-0.3, -0.25) is 0 Å². The molecule has 0 aliphatic heterocycles. The van der Waals surface area contributed by atoms with Crippen molar-refractivity contribution in [3.8, 4) is 11.5 Å². The fourth-order valence-electron chi connectivity index (χ4n) is 3.21. The average Bonchev–Trinajstić information content (AvgIpc) is 2.73. The number of hydrogen-bond donors (Lipinski definition) is 2. The second kappa shape index (κ2) is 7.51. The van der Waals surface area contributed by atoms with Gasteiger partial charge in [0.05, 0.1) is 25.3 Å². The number of aromatic carboxylic acids is 1. The quantitative estimate of drug-likeness (QED) is 0.653. The number of ether oxygens (including phenoxy) is 2. The third-order valence-corrected chi connectivity index (χ3v) is 4.50. The number of aliphatic hydroxyl groups is 1. The highest BCUT2D eigenvalue weighted by atomic mass is 16.5. The molecule has 0 atom stereocenters. The second-order valence-electron chi connectivity index (χ2n) is 6.00. The molecule has 3 aromatic rings. The molecule has 0 fully saturated rings. The van der Waals surface area contributed by atoms with Gasteiger partial charge in [-0.1, -0.05) is 60.7 Å². The van der Waals surface area contributed by atoms with E-state index in [-0.39, 0.29) is 17.1 Å². The number of rotatable bonds is 6. The highest BCUT2D eigenvalue weighted by Crippen LogP contribution is 2.46. The molecular formula is C22H20O5. The van der Waals surface area contributed by atoms with E-state index in [1.807, 2.05) is 36.4 Å². The zero-order valence-electron chi connectivity index (χ0n) is 15.0. The van der Waals surface area contributed by atoms with Gasteiger partial charge < -0.3 is 19.7 Å². The minimum atomic E-state index is -1.60. The summed E-state index contributed by atoms with van der Waals surface area (Å²) in [6.07, 6.45) is 0. The van der Waals surface area contributed by atoms with Gasteiger partial charge in [-0.05, 0) is 23.3 Å². The Bertz CT molecular complexity index is 871. The van der Waals surface area contributed by atoms with Gasteiger partial charge in [0.15, 0.2) is 0 Å². The minimum Gasteiger partial charge on any atom is -0.496 e. The number of carboxylic acid groups (broad SMARTS) is 1. The first-order valence-corrected chi connectivity index (χ1v) is 8.35. The van der Waals surface area contributed by atoms with Gasteiger partial charge in [-0.25, -0.2) is 4.79 Å². The van der Waals surface area contributed by atoms with Gasteiger partial charge in [-0.15, -0.1) is 0 Å². The predicted octanol–water partition coefficient (Wildman–Crippen LogP) is 3.69. The minimum absolute atomic E-state index is 0.0101. The topological polar surface area (TPSA) is 76.0 Å². The fraction of sp³-hybridized carbons (Fsp3) is 0.136. The van der Waals surface area contributed by atoms with Gasteiger partial charge in [-0.2, -0.15) is 0 Å². The van der Waals surface area contributed by atoms with Crippen LogP contribution in [0.5, 0.6) is 11.5 Å². The molecule has 5 nitrogen and oxygen atoms in total. The smallest absolute Gasteiger partial charge is 0.335 e. The van der Waals surface area contributed by atoms with Gasteiger partial charge in [0.2, 0.25) is 0 Å². The third kappa shape index (κ3) is 3.25. The maximum atomic E-state index is 12.0. The van der Waals surface area contributed by atoms with Crippen molar-refractivity contribution in [3.63, 3.8) is 0 Å². The Morgan fingerprint density at radius 3 is 1.56 bits per heavy atom. The molecule has 0 amide bonds. The molecule has 5 heteroatoms. The molecule has 0 heterocycles. The van der Waals surface area contributed by atoms with E-state index in [0.29, 0.717) is 16.7 Å².